The van der Waals surface area contributed by atoms with Crippen LogP contribution in [0.5, 0.6) is 0 Å². The van der Waals surface area contributed by atoms with Crippen molar-refractivity contribution >= 4 is 68.5 Å². The topological polar surface area (TPSA) is 148 Å². The molecule has 2 aliphatic heterocycles. The smallest absolute Gasteiger partial charge is 0.338 e. The molecule has 0 saturated carbocycles. The molecule has 1 aromatic heterocycles. The molecule has 0 fully saturated rings. The summed E-state index contributed by atoms with van der Waals surface area (Å²) in [4.78, 5) is 97.7. The third-order valence-electron chi connectivity index (χ3n) is 8.99. The Hall–Kier alpha value is -6.62. The van der Waals surface area contributed by atoms with E-state index in [1.807, 2.05) is 12.1 Å². The number of para-hydroxylation sites is 1. The summed E-state index contributed by atoms with van der Waals surface area (Å²) in [5, 5.41) is 2.04. The molecule has 4 aromatic carbocycles. The number of fused-ring (bicyclic) bond motifs is 2. The molecule has 49 heavy (non-hydrogen) atoms. The van der Waals surface area contributed by atoms with Gasteiger partial charge in [0.2, 0.25) is 0 Å². The number of esters is 1. The van der Waals surface area contributed by atoms with Crippen LogP contribution in [0, 0.1) is 0 Å². The highest BCUT2D eigenvalue weighted by Gasteiger charge is 2.41. The van der Waals surface area contributed by atoms with Gasteiger partial charge in [0.1, 0.15) is 5.92 Å². The summed E-state index contributed by atoms with van der Waals surface area (Å²) >= 11 is 0. The Labute approximate surface area is 277 Å². The summed E-state index contributed by atoms with van der Waals surface area (Å²) in [6.45, 7) is -0.0686. The van der Waals surface area contributed by atoms with Crippen LogP contribution in [0.2, 0.25) is 0 Å². The first kappa shape index (κ1) is 29.8. The number of benzene rings is 4. The standard InChI is InChI=1S/C38H23N3O8/c42-29-15-16-30(43)41(29)28-10-3-7-21-12-14-27(39-33(21)28)32-34(44)23-13-11-22(19-26(23)35(32)45)38(48)49-18-4-17-40-36(46)24-8-1-5-20-6-2-9-25(31(20)24)37(40)47/h1-3,5-16,19,32H,4,17-18H2. The van der Waals surface area contributed by atoms with E-state index < -0.39 is 47.1 Å². The van der Waals surface area contributed by atoms with Crippen LogP contribution in [0.3, 0.4) is 0 Å². The number of hydrogen-bond donors (Lipinski definition) is 0. The van der Waals surface area contributed by atoms with Gasteiger partial charge in [0.15, 0.2) is 11.6 Å². The Morgan fingerprint density at radius 3 is 2.06 bits per heavy atom. The number of aromatic nitrogens is 1. The molecule has 11 nitrogen and oxygen atoms in total. The zero-order valence-corrected chi connectivity index (χ0v) is 25.5. The lowest BCUT2D eigenvalue weighted by molar-refractivity contribution is -0.120. The second-order valence-corrected chi connectivity index (χ2v) is 11.8. The molecule has 0 N–H and O–H groups in total. The summed E-state index contributed by atoms with van der Waals surface area (Å²) in [7, 11) is 0. The maximum Gasteiger partial charge on any atom is 0.338 e. The van der Waals surface area contributed by atoms with Crippen LogP contribution in [-0.4, -0.2) is 64.2 Å². The number of carbonyl (C=O) groups excluding carboxylic acids is 7. The molecule has 1 atom stereocenters. The van der Waals surface area contributed by atoms with Crippen molar-refractivity contribution in [1.82, 2.24) is 9.88 Å². The SMILES string of the molecule is O=C(OCCCN1C(=O)c2cccc3cccc(c23)C1=O)c1ccc2c(c1)C(=O)C(c1ccc3cccc(N4C(=O)C=CC4=O)c3n1)C2=O. The Bertz CT molecular complexity index is 2340. The number of ketones is 2. The molecule has 0 spiro atoms. The first-order valence-electron chi connectivity index (χ1n) is 15.5. The summed E-state index contributed by atoms with van der Waals surface area (Å²) < 4.78 is 5.42. The van der Waals surface area contributed by atoms with E-state index in [2.05, 4.69) is 4.98 Å². The molecule has 5 aromatic rings. The predicted octanol–water partition coefficient (Wildman–Crippen LogP) is 4.82. The van der Waals surface area contributed by atoms with Crippen molar-refractivity contribution in [2.45, 2.75) is 12.3 Å². The Morgan fingerprint density at radius 1 is 0.694 bits per heavy atom. The Balaban J connectivity index is 0.965. The van der Waals surface area contributed by atoms with E-state index in [1.165, 1.54) is 18.2 Å². The fourth-order valence-electron chi connectivity index (χ4n) is 6.67. The lowest BCUT2D eigenvalue weighted by Crippen LogP contribution is -2.41. The molecular formula is C38H23N3O8. The monoisotopic (exact) mass is 649 g/mol. The van der Waals surface area contributed by atoms with Crippen LogP contribution in [0.25, 0.3) is 21.7 Å². The number of carbonyl (C=O) groups is 7. The Morgan fingerprint density at radius 2 is 1.35 bits per heavy atom. The number of imide groups is 2. The third kappa shape index (κ3) is 4.66. The van der Waals surface area contributed by atoms with Crippen molar-refractivity contribution in [2.75, 3.05) is 18.1 Å². The number of anilines is 1. The molecule has 3 aliphatic rings. The van der Waals surface area contributed by atoms with E-state index in [0.29, 0.717) is 21.9 Å². The molecule has 238 valence electrons. The van der Waals surface area contributed by atoms with Crippen LogP contribution < -0.4 is 4.90 Å². The normalized spacial score (nSPS) is 16.8. The highest BCUT2D eigenvalue weighted by molar-refractivity contribution is 6.31. The average molecular weight is 650 g/mol. The number of Topliss-reactive ketones (excluding diaryl/α,β-unsaturated/α-hetero) is 2. The van der Waals surface area contributed by atoms with Gasteiger partial charge in [0.25, 0.3) is 23.6 Å². The molecule has 1 aliphatic carbocycles. The molecular weight excluding hydrogens is 626 g/mol. The predicted molar refractivity (Wildman–Crippen MR) is 175 cm³/mol. The average Bonchev–Trinajstić information content (AvgIpc) is 3.58. The number of ether oxygens (including phenoxy) is 1. The summed E-state index contributed by atoms with van der Waals surface area (Å²) in [5.41, 5.74) is 1.76. The zero-order valence-electron chi connectivity index (χ0n) is 25.5. The second-order valence-electron chi connectivity index (χ2n) is 11.8. The number of amides is 4. The number of pyridine rings is 1. The number of hydrogen-bond acceptors (Lipinski definition) is 9. The van der Waals surface area contributed by atoms with Crippen LogP contribution in [-0.2, 0) is 14.3 Å². The van der Waals surface area contributed by atoms with Gasteiger partial charge < -0.3 is 4.74 Å². The molecule has 0 radical (unpaired) electrons. The van der Waals surface area contributed by atoms with Crippen molar-refractivity contribution in [1.29, 1.82) is 0 Å². The fraction of sp³-hybridized carbons (Fsp3) is 0.105. The quantitative estimate of drug-likeness (QED) is 0.105. The minimum Gasteiger partial charge on any atom is -0.462 e. The first-order chi connectivity index (χ1) is 23.7. The van der Waals surface area contributed by atoms with Gasteiger partial charge in [-0.1, -0.05) is 42.5 Å². The van der Waals surface area contributed by atoms with Gasteiger partial charge in [0.05, 0.1) is 29.1 Å². The minimum atomic E-state index is -1.28. The molecule has 3 heterocycles. The van der Waals surface area contributed by atoms with Crippen LogP contribution in [0.15, 0.2) is 97.1 Å². The van der Waals surface area contributed by atoms with Gasteiger partial charge in [-0.05, 0) is 54.3 Å². The van der Waals surface area contributed by atoms with Gasteiger partial charge in [-0.25, -0.2) is 14.7 Å². The Kier molecular flexibility index (Phi) is 6.84. The lowest BCUT2D eigenvalue weighted by Gasteiger charge is -2.27. The first-order valence-corrected chi connectivity index (χ1v) is 15.5. The molecule has 4 amide bonds. The van der Waals surface area contributed by atoms with Crippen LogP contribution in [0.4, 0.5) is 5.69 Å². The van der Waals surface area contributed by atoms with E-state index in [1.54, 1.807) is 54.6 Å². The van der Waals surface area contributed by atoms with Crippen LogP contribution in [0.1, 0.15) is 69.8 Å². The van der Waals surface area contributed by atoms with E-state index in [4.69, 9.17) is 4.74 Å². The third-order valence-corrected chi connectivity index (χ3v) is 8.99. The molecule has 0 saturated heterocycles. The summed E-state index contributed by atoms with van der Waals surface area (Å²) in [6.07, 6.45) is 2.50. The second kappa shape index (κ2) is 11.3. The largest absolute Gasteiger partial charge is 0.462 e. The van der Waals surface area contributed by atoms with E-state index in [9.17, 15) is 33.6 Å². The van der Waals surface area contributed by atoms with Gasteiger partial charge in [0, 0.05) is 51.7 Å². The molecule has 0 bridgehead atoms. The minimum absolute atomic E-state index is 0.0333. The maximum atomic E-state index is 13.6. The highest BCUT2D eigenvalue weighted by Crippen LogP contribution is 2.36. The number of rotatable bonds is 7. The van der Waals surface area contributed by atoms with Crippen molar-refractivity contribution in [3.05, 3.63) is 131 Å². The van der Waals surface area contributed by atoms with Crippen molar-refractivity contribution in [2.24, 2.45) is 0 Å². The zero-order chi connectivity index (χ0) is 34.0. The van der Waals surface area contributed by atoms with Gasteiger partial charge >= 0.3 is 5.97 Å². The van der Waals surface area contributed by atoms with Crippen LogP contribution >= 0.6 is 0 Å². The summed E-state index contributed by atoms with van der Waals surface area (Å²) in [6, 6.07) is 22.9. The van der Waals surface area contributed by atoms with E-state index >= 15 is 0 Å². The van der Waals surface area contributed by atoms with Gasteiger partial charge in [-0.2, -0.15) is 0 Å². The number of nitrogens with zero attached hydrogens (tertiary/aromatic N) is 3. The highest BCUT2D eigenvalue weighted by atomic mass is 16.5. The van der Waals surface area contributed by atoms with E-state index in [-0.39, 0.29) is 53.2 Å². The maximum absolute atomic E-state index is 13.6. The lowest BCUT2D eigenvalue weighted by atomic mass is 9.94. The van der Waals surface area contributed by atoms with Crippen molar-refractivity contribution < 1.29 is 38.3 Å². The van der Waals surface area contributed by atoms with Crippen molar-refractivity contribution in [3.63, 3.8) is 0 Å². The van der Waals surface area contributed by atoms with Gasteiger partial charge in [-0.3, -0.25) is 33.7 Å². The molecule has 11 heteroatoms. The fourth-order valence-corrected chi connectivity index (χ4v) is 6.67. The van der Waals surface area contributed by atoms with Gasteiger partial charge in [-0.15, -0.1) is 0 Å². The molecule has 1 unspecified atom stereocenters. The van der Waals surface area contributed by atoms with E-state index in [0.717, 1.165) is 27.3 Å². The molecule has 8 rings (SSSR count). The summed E-state index contributed by atoms with van der Waals surface area (Å²) in [5.74, 6) is -4.94. The van der Waals surface area contributed by atoms with Crippen molar-refractivity contribution in [3.8, 4) is 0 Å².